The quantitative estimate of drug-likeness (QED) is 0.788. The molecule has 0 spiro atoms. The van der Waals surface area contributed by atoms with E-state index in [4.69, 9.17) is 9.15 Å². The van der Waals surface area contributed by atoms with E-state index < -0.39 is 6.04 Å². The lowest BCUT2D eigenvalue weighted by molar-refractivity contribution is -0.145. The highest BCUT2D eigenvalue weighted by atomic mass is 16.5. The molecule has 1 unspecified atom stereocenters. The Bertz CT molecular complexity index is 508. The van der Waals surface area contributed by atoms with Crippen LogP contribution in [0, 0.1) is 0 Å². The first-order chi connectivity index (χ1) is 9.81. The smallest absolute Gasteiger partial charge is 0.327 e. The molecule has 1 aromatic heterocycles. The van der Waals surface area contributed by atoms with Crippen LogP contribution in [0.5, 0.6) is 0 Å². The summed E-state index contributed by atoms with van der Waals surface area (Å²) < 4.78 is 10.4. The first-order valence-corrected chi connectivity index (χ1v) is 6.78. The molecule has 4 nitrogen and oxygen atoms in total. The molecule has 0 bridgehead atoms. The van der Waals surface area contributed by atoms with Crippen molar-refractivity contribution < 1.29 is 13.9 Å². The molecule has 0 fully saturated rings. The average molecular weight is 273 g/mol. The molecule has 0 aliphatic carbocycles. The minimum atomic E-state index is -0.439. The van der Waals surface area contributed by atoms with E-state index in [1.165, 1.54) is 0 Å². The number of hydrogen-bond acceptors (Lipinski definition) is 4. The summed E-state index contributed by atoms with van der Waals surface area (Å²) in [7, 11) is 0. The summed E-state index contributed by atoms with van der Waals surface area (Å²) in [6, 6.07) is 12.9. The van der Waals surface area contributed by atoms with Gasteiger partial charge in [0.2, 0.25) is 0 Å². The Labute approximate surface area is 118 Å². The highest BCUT2D eigenvalue weighted by Gasteiger charge is 2.20. The van der Waals surface area contributed by atoms with Crippen LogP contribution in [0.4, 0.5) is 0 Å². The van der Waals surface area contributed by atoms with Crippen LogP contribution < -0.4 is 5.32 Å². The van der Waals surface area contributed by atoms with Gasteiger partial charge in [0, 0.05) is 13.0 Å². The fourth-order valence-corrected chi connectivity index (χ4v) is 2.00. The average Bonchev–Trinajstić information content (AvgIpc) is 2.98. The second-order valence-corrected chi connectivity index (χ2v) is 4.38. The Morgan fingerprint density at radius 2 is 2.05 bits per heavy atom. The molecule has 0 radical (unpaired) electrons. The zero-order chi connectivity index (χ0) is 14.2. The van der Waals surface area contributed by atoms with E-state index in [2.05, 4.69) is 5.32 Å². The van der Waals surface area contributed by atoms with Gasteiger partial charge in [-0.15, -0.1) is 0 Å². The number of carbonyl (C=O) groups is 1. The molecular formula is C16H19NO3. The van der Waals surface area contributed by atoms with E-state index in [0.29, 0.717) is 13.2 Å². The summed E-state index contributed by atoms with van der Waals surface area (Å²) in [5, 5.41) is 3.22. The number of furan rings is 1. The minimum Gasteiger partial charge on any atom is -0.469 e. The Morgan fingerprint density at radius 1 is 1.25 bits per heavy atom. The molecule has 0 aliphatic heterocycles. The molecule has 2 aromatic rings. The third-order valence-corrected chi connectivity index (χ3v) is 2.96. The van der Waals surface area contributed by atoms with Crippen molar-refractivity contribution in [3.63, 3.8) is 0 Å². The molecule has 0 aliphatic rings. The van der Waals surface area contributed by atoms with Gasteiger partial charge in [0.1, 0.15) is 11.8 Å². The van der Waals surface area contributed by atoms with Crippen LogP contribution in [-0.2, 0) is 16.0 Å². The summed E-state index contributed by atoms with van der Waals surface area (Å²) >= 11 is 0. The van der Waals surface area contributed by atoms with Crippen LogP contribution in [0.15, 0.2) is 53.1 Å². The molecule has 2 rings (SSSR count). The summed E-state index contributed by atoms with van der Waals surface area (Å²) in [5.74, 6) is 0.645. The van der Waals surface area contributed by atoms with Crippen LogP contribution in [0.2, 0.25) is 0 Å². The maximum atomic E-state index is 12.0. The molecule has 1 atom stereocenters. The lowest BCUT2D eigenvalue weighted by atomic mass is 10.1. The fraction of sp³-hybridized carbons (Fsp3) is 0.312. The molecule has 20 heavy (non-hydrogen) atoms. The summed E-state index contributed by atoms with van der Waals surface area (Å²) in [6.07, 6.45) is 2.38. The van der Waals surface area contributed by atoms with Gasteiger partial charge in [0.15, 0.2) is 0 Å². The van der Waals surface area contributed by atoms with Crippen LogP contribution in [0.1, 0.15) is 24.3 Å². The topological polar surface area (TPSA) is 51.5 Å². The number of benzene rings is 1. The van der Waals surface area contributed by atoms with Gasteiger partial charge in [0.25, 0.3) is 0 Å². The fourth-order valence-electron chi connectivity index (χ4n) is 2.00. The lowest BCUT2D eigenvalue weighted by Gasteiger charge is -2.17. The lowest BCUT2D eigenvalue weighted by Crippen LogP contribution is -2.31. The molecule has 4 heteroatoms. The van der Waals surface area contributed by atoms with Crippen molar-refractivity contribution in [2.75, 3.05) is 13.2 Å². The van der Waals surface area contributed by atoms with Crippen molar-refractivity contribution in [2.24, 2.45) is 0 Å². The SMILES string of the molecule is CCOC(=O)C(NCCc1ccco1)c1ccccc1. The predicted molar refractivity (Wildman–Crippen MR) is 76.2 cm³/mol. The van der Waals surface area contributed by atoms with Crippen molar-refractivity contribution in [2.45, 2.75) is 19.4 Å². The van der Waals surface area contributed by atoms with Crippen molar-refractivity contribution in [3.8, 4) is 0 Å². The zero-order valence-corrected chi connectivity index (χ0v) is 11.5. The first kappa shape index (κ1) is 14.3. The molecule has 0 amide bonds. The minimum absolute atomic E-state index is 0.252. The molecule has 1 heterocycles. The summed E-state index contributed by atoms with van der Waals surface area (Å²) in [4.78, 5) is 12.0. The highest BCUT2D eigenvalue weighted by molar-refractivity contribution is 5.77. The van der Waals surface area contributed by atoms with Gasteiger partial charge >= 0.3 is 5.97 Å². The Hall–Kier alpha value is -2.07. The number of carbonyl (C=O) groups excluding carboxylic acids is 1. The van der Waals surface area contributed by atoms with Gasteiger partial charge in [-0.2, -0.15) is 0 Å². The van der Waals surface area contributed by atoms with Crippen LogP contribution in [0.25, 0.3) is 0 Å². The molecule has 0 saturated heterocycles. The molecule has 1 aromatic carbocycles. The predicted octanol–water partition coefficient (Wildman–Crippen LogP) is 2.72. The number of nitrogens with one attached hydrogen (secondary N) is 1. The van der Waals surface area contributed by atoms with Crippen LogP contribution >= 0.6 is 0 Å². The molecule has 1 N–H and O–H groups in total. The first-order valence-electron chi connectivity index (χ1n) is 6.78. The number of hydrogen-bond donors (Lipinski definition) is 1. The maximum Gasteiger partial charge on any atom is 0.327 e. The van der Waals surface area contributed by atoms with E-state index in [0.717, 1.165) is 17.7 Å². The number of esters is 1. The second kappa shape index (κ2) is 7.50. The number of rotatable bonds is 7. The van der Waals surface area contributed by atoms with Gasteiger partial charge in [0.05, 0.1) is 12.9 Å². The van der Waals surface area contributed by atoms with Crippen molar-refractivity contribution in [1.29, 1.82) is 0 Å². The van der Waals surface area contributed by atoms with E-state index in [1.807, 2.05) is 49.4 Å². The van der Waals surface area contributed by atoms with Crippen LogP contribution in [-0.4, -0.2) is 19.1 Å². The summed E-state index contributed by atoms with van der Waals surface area (Å²) in [6.45, 7) is 2.83. The van der Waals surface area contributed by atoms with Gasteiger partial charge in [-0.05, 0) is 24.6 Å². The normalized spacial score (nSPS) is 12.1. The van der Waals surface area contributed by atoms with Gasteiger partial charge in [-0.1, -0.05) is 30.3 Å². The monoisotopic (exact) mass is 273 g/mol. The van der Waals surface area contributed by atoms with E-state index in [9.17, 15) is 4.79 Å². The van der Waals surface area contributed by atoms with Crippen molar-refractivity contribution in [1.82, 2.24) is 5.32 Å². The summed E-state index contributed by atoms with van der Waals surface area (Å²) in [5.41, 5.74) is 0.908. The number of ether oxygens (including phenoxy) is 1. The Balaban J connectivity index is 1.97. The van der Waals surface area contributed by atoms with Gasteiger partial charge in [-0.3, -0.25) is 0 Å². The van der Waals surface area contributed by atoms with Crippen molar-refractivity contribution in [3.05, 3.63) is 60.1 Å². The Morgan fingerprint density at radius 3 is 2.70 bits per heavy atom. The third-order valence-electron chi connectivity index (χ3n) is 2.96. The second-order valence-electron chi connectivity index (χ2n) is 4.38. The third kappa shape index (κ3) is 3.96. The Kier molecular flexibility index (Phi) is 5.38. The van der Waals surface area contributed by atoms with E-state index >= 15 is 0 Å². The van der Waals surface area contributed by atoms with Gasteiger partial charge in [-0.25, -0.2) is 4.79 Å². The van der Waals surface area contributed by atoms with E-state index in [1.54, 1.807) is 6.26 Å². The molecule has 106 valence electrons. The van der Waals surface area contributed by atoms with Gasteiger partial charge < -0.3 is 14.5 Å². The molecular weight excluding hydrogens is 254 g/mol. The molecule has 0 saturated carbocycles. The largest absolute Gasteiger partial charge is 0.469 e. The standard InChI is InChI=1S/C16H19NO3/c1-2-19-16(18)15(13-7-4-3-5-8-13)17-11-10-14-9-6-12-20-14/h3-9,12,15,17H,2,10-11H2,1H3. The van der Waals surface area contributed by atoms with Crippen molar-refractivity contribution >= 4 is 5.97 Å². The highest BCUT2D eigenvalue weighted by Crippen LogP contribution is 2.14. The zero-order valence-electron chi connectivity index (χ0n) is 11.5. The maximum absolute atomic E-state index is 12.0. The van der Waals surface area contributed by atoms with E-state index in [-0.39, 0.29) is 5.97 Å². The van der Waals surface area contributed by atoms with Crippen LogP contribution in [0.3, 0.4) is 0 Å².